The molecule has 0 radical (unpaired) electrons. The summed E-state index contributed by atoms with van der Waals surface area (Å²) in [6, 6.07) is 6.67. The summed E-state index contributed by atoms with van der Waals surface area (Å²) >= 11 is 3.45. The maximum absolute atomic E-state index is 12.7. The number of halogens is 1. The van der Waals surface area contributed by atoms with Crippen LogP contribution in [0.2, 0.25) is 0 Å². The van der Waals surface area contributed by atoms with Crippen molar-refractivity contribution in [3.05, 3.63) is 56.6 Å². The number of hydrogen-bond acceptors (Lipinski definition) is 3. The fraction of sp³-hybridized carbons (Fsp3) is 0.235. The first-order chi connectivity index (χ1) is 9.91. The van der Waals surface area contributed by atoms with Crippen LogP contribution in [0.4, 0.5) is 0 Å². The van der Waals surface area contributed by atoms with Crippen LogP contribution >= 0.6 is 15.9 Å². The summed E-state index contributed by atoms with van der Waals surface area (Å²) < 4.78 is 0.798. The van der Waals surface area contributed by atoms with Crippen molar-refractivity contribution in [2.75, 3.05) is 0 Å². The van der Waals surface area contributed by atoms with Crippen LogP contribution in [0.1, 0.15) is 52.4 Å². The van der Waals surface area contributed by atoms with Crippen molar-refractivity contribution in [2.45, 2.75) is 26.2 Å². The van der Waals surface area contributed by atoms with Gasteiger partial charge in [-0.2, -0.15) is 0 Å². The molecule has 3 rings (SSSR count). The summed E-state index contributed by atoms with van der Waals surface area (Å²) in [6.45, 7) is 4.12. The molecular formula is C17H15BrO3. The number of hydrogen-bond donors (Lipinski definition) is 2. The zero-order chi connectivity index (χ0) is 15.3. The molecule has 0 aromatic heterocycles. The number of aromatic hydroxyl groups is 2. The standard InChI is InChI=1S/C17H15BrO3/c1-8(2)9-3-5-13(19)15-10(9)7-11-12(18)4-6-14(20)16(11)17(15)21/h3-6,8,19-20H,7H2,1-2H3. The molecular weight excluding hydrogens is 332 g/mol. The molecule has 0 fully saturated rings. The Kier molecular flexibility index (Phi) is 3.29. The Balaban J connectivity index is 2.33. The molecule has 0 unspecified atom stereocenters. The number of ketones is 1. The predicted molar refractivity (Wildman–Crippen MR) is 84.2 cm³/mol. The average Bonchev–Trinajstić information content (AvgIpc) is 2.42. The molecule has 2 aromatic rings. The summed E-state index contributed by atoms with van der Waals surface area (Å²) in [7, 11) is 0. The molecule has 2 N–H and O–H groups in total. The lowest BCUT2D eigenvalue weighted by Crippen LogP contribution is -2.18. The predicted octanol–water partition coefficient (Wildman–Crippen LogP) is 4.12. The van der Waals surface area contributed by atoms with Crippen LogP contribution < -0.4 is 0 Å². The molecule has 2 aromatic carbocycles. The van der Waals surface area contributed by atoms with Gasteiger partial charge in [0.2, 0.25) is 5.78 Å². The van der Waals surface area contributed by atoms with Crippen LogP contribution in [0, 0.1) is 0 Å². The monoisotopic (exact) mass is 346 g/mol. The van der Waals surface area contributed by atoms with Crippen LogP contribution in [0.15, 0.2) is 28.7 Å². The molecule has 0 aliphatic heterocycles. The van der Waals surface area contributed by atoms with Gasteiger partial charge in [-0.3, -0.25) is 4.79 Å². The third kappa shape index (κ3) is 2.05. The van der Waals surface area contributed by atoms with E-state index in [0.717, 1.165) is 21.2 Å². The number of carbonyl (C=O) groups is 1. The molecule has 108 valence electrons. The van der Waals surface area contributed by atoms with Gasteiger partial charge >= 0.3 is 0 Å². The lowest BCUT2D eigenvalue weighted by Gasteiger charge is -2.25. The van der Waals surface area contributed by atoms with E-state index >= 15 is 0 Å². The molecule has 1 aliphatic rings. The van der Waals surface area contributed by atoms with Gasteiger partial charge in [0.1, 0.15) is 11.5 Å². The van der Waals surface area contributed by atoms with Gasteiger partial charge in [0.15, 0.2) is 0 Å². The van der Waals surface area contributed by atoms with E-state index in [0.29, 0.717) is 12.0 Å². The van der Waals surface area contributed by atoms with Crippen LogP contribution in [-0.4, -0.2) is 16.0 Å². The van der Waals surface area contributed by atoms with Crippen molar-refractivity contribution in [2.24, 2.45) is 0 Å². The first-order valence-corrected chi connectivity index (χ1v) is 7.61. The fourth-order valence-corrected chi connectivity index (χ4v) is 3.44. The topological polar surface area (TPSA) is 57.5 Å². The minimum Gasteiger partial charge on any atom is -0.507 e. The Labute approximate surface area is 131 Å². The maximum Gasteiger partial charge on any atom is 0.201 e. The van der Waals surface area contributed by atoms with Gasteiger partial charge < -0.3 is 10.2 Å². The SMILES string of the molecule is CC(C)c1ccc(O)c2c1Cc1c(Br)ccc(O)c1C2=O. The first-order valence-electron chi connectivity index (χ1n) is 6.81. The third-order valence-electron chi connectivity index (χ3n) is 3.99. The van der Waals surface area contributed by atoms with Gasteiger partial charge in [-0.05, 0) is 40.8 Å². The molecule has 21 heavy (non-hydrogen) atoms. The second-order valence-corrected chi connectivity index (χ2v) is 6.46. The number of rotatable bonds is 1. The largest absolute Gasteiger partial charge is 0.507 e. The molecule has 1 aliphatic carbocycles. The fourth-order valence-electron chi connectivity index (χ4n) is 2.97. The molecule has 0 bridgehead atoms. The summed E-state index contributed by atoms with van der Waals surface area (Å²) in [5.41, 5.74) is 3.29. The van der Waals surface area contributed by atoms with Crippen LogP contribution in [-0.2, 0) is 6.42 Å². The first kappa shape index (κ1) is 14.1. The highest BCUT2D eigenvalue weighted by molar-refractivity contribution is 9.10. The Morgan fingerprint density at radius 2 is 1.57 bits per heavy atom. The summed E-state index contributed by atoms with van der Waals surface area (Å²) in [5.74, 6) is -0.127. The molecule has 0 amide bonds. The quantitative estimate of drug-likeness (QED) is 0.696. The van der Waals surface area contributed by atoms with Crippen molar-refractivity contribution < 1.29 is 15.0 Å². The number of benzene rings is 2. The smallest absolute Gasteiger partial charge is 0.201 e. The van der Waals surface area contributed by atoms with Crippen LogP contribution in [0.25, 0.3) is 0 Å². The van der Waals surface area contributed by atoms with E-state index in [-0.39, 0.29) is 28.8 Å². The van der Waals surface area contributed by atoms with Gasteiger partial charge in [-0.25, -0.2) is 0 Å². The third-order valence-corrected chi connectivity index (χ3v) is 4.73. The molecule has 0 saturated carbocycles. The highest BCUT2D eigenvalue weighted by Gasteiger charge is 2.31. The molecule has 0 spiro atoms. The lowest BCUT2D eigenvalue weighted by molar-refractivity contribution is 0.102. The summed E-state index contributed by atoms with van der Waals surface area (Å²) in [6.07, 6.45) is 0.521. The van der Waals surface area contributed by atoms with Crippen LogP contribution in [0.5, 0.6) is 11.5 Å². The van der Waals surface area contributed by atoms with Crippen molar-refractivity contribution in [3.8, 4) is 11.5 Å². The zero-order valence-electron chi connectivity index (χ0n) is 11.8. The summed E-state index contributed by atoms with van der Waals surface area (Å²) in [5, 5.41) is 20.1. The van der Waals surface area contributed by atoms with E-state index in [1.54, 1.807) is 12.1 Å². The molecule has 0 saturated heterocycles. The second kappa shape index (κ2) is 4.88. The van der Waals surface area contributed by atoms with E-state index in [1.165, 1.54) is 6.07 Å². The maximum atomic E-state index is 12.7. The van der Waals surface area contributed by atoms with Crippen molar-refractivity contribution in [1.29, 1.82) is 0 Å². The van der Waals surface area contributed by atoms with E-state index in [1.807, 2.05) is 6.07 Å². The van der Waals surface area contributed by atoms with Gasteiger partial charge in [0.25, 0.3) is 0 Å². The van der Waals surface area contributed by atoms with Gasteiger partial charge in [0, 0.05) is 10.9 Å². The number of phenols is 2. The molecule has 3 nitrogen and oxygen atoms in total. The van der Waals surface area contributed by atoms with E-state index in [4.69, 9.17) is 0 Å². The Morgan fingerprint density at radius 3 is 2.19 bits per heavy atom. The lowest BCUT2D eigenvalue weighted by atomic mass is 9.79. The van der Waals surface area contributed by atoms with Crippen molar-refractivity contribution in [3.63, 3.8) is 0 Å². The van der Waals surface area contributed by atoms with Gasteiger partial charge in [-0.15, -0.1) is 0 Å². The molecule has 0 atom stereocenters. The second-order valence-electron chi connectivity index (χ2n) is 5.61. The Hall–Kier alpha value is -1.81. The van der Waals surface area contributed by atoms with Gasteiger partial charge in [-0.1, -0.05) is 35.8 Å². The highest BCUT2D eigenvalue weighted by Crippen LogP contribution is 2.41. The van der Waals surface area contributed by atoms with E-state index in [9.17, 15) is 15.0 Å². The number of carbonyl (C=O) groups excluding carboxylic acids is 1. The minimum absolute atomic E-state index is 0.0237. The normalized spacial score (nSPS) is 13.2. The van der Waals surface area contributed by atoms with E-state index in [2.05, 4.69) is 29.8 Å². The number of fused-ring (bicyclic) bond motifs is 2. The average molecular weight is 347 g/mol. The Bertz CT molecular complexity index is 763. The van der Waals surface area contributed by atoms with Crippen molar-refractivity contribution >= 4 is 21.7 Å². The number of phenolic OH excluding ortho intramolecular Hbond substituents is 2. The van der Waals surface area contributed by atoms with E-state index < -0.39 is 0 Å². The van der Waals surface area contributed by atoms with Crippen LogP contribution in [0.3, 0.4) is 0 Å². The Morgan fingerprint density at radius 1 is 1.00 bits per heavy atom. The zero-order valence-corrected chi connectivity index (χ0v) is 13.4. The highest BCUT2D eigenvalue weighted by atomic mass is 79.9. The minimum atomic E-state index is -0.315. The molecule has 0 heterocycles. The summed E-state index contributed by atoms with van der Waals surface area (Å²) in [4.78, 5) is 12.7. The van der Waals surface area contributed by atoms with Gasteiger partial charge in [0.05, 0.1) is 11.1 Å². The molecule has 4 heteroatoms. The van der Waals surface area contributed by atoms with Crippen molar-refractivity contribution in [1.82, 2.24) is 0 Å².